The van der Waals surface area contributed by atoms with Gasteiger partial charge < -0.3 is 4.90 Å². The highest BCUT2D eigenvalue weighted by molar-refractivity contribution is 7.00. The zero-order valence-electron chi connectivity index (χ0n) is 14.8. The molecule has 0 N–H and O–H groups in total. The maximum atomic E-state index is 12.8. The molecule has 25 heavy (non-hydrogen) atoms. The van der Waals surface area contributed by atoms with E-state index < -0.39 is 0 Å². The van der Waals surface area contributed by atoms with Gasteiger partial charge in [-0.25, -0.2) is 0 Å². The van der Waals surface area contributed by atoms with Gasteiger partial charge in [-0.15, -0.1) is 0 Å². The second-order valence-electron chi connectivity index (χ2n) is 7.48. The van der Waals surface area contributed by atoms with Crippen molar-refractivity contribution in [3.05, 3.63) is 35.4 Å². The molecular formula is C19H24N4OS. The van der Waals surface area contributed by atoms with E-state index in [1.165, 1.54) is 22.9 Å². The van der Waals surface area contributed by atoms with Crippen LogP contribution in [0.5, 0.6) is 0 Å². The summed E-state index contributed by atoms with van der Waals surface area (Å²) in [4.78, 5) is 17.4. The van der Waals surface area contributed by atoms with Gasteiger partial charge >= 0.3 is 0 Å². The molecule has 0 saturated carbocycles. The number of allylic oxidation sites excluding steroid dienone is 1. The summed E-state index contributed by atoms with van der Waals surface area (Å²) in [7, 11) is 0. The third-order valence-electron chi connectivity index (χ3n) is 5.29. The van der Waals surface area contributed by atoms with Crippen LogP contribution in [0.15, 0.2) is 29.8 Å². The molecule has 3 fully saturated rings. The SMILES string of the molecule is CC(C)=CCN1C(=O)[C@H]2CC[C@@H]1CN(Cc1ccc3nsnc3c1)C2. The fourth-order valence-corrected chi connectivity index (χ4v) is 4.48. The Balaban J connectivity index is 1.50. The van der Waals surface area contributed by atoms with Crippen LogP contribution in [0.4, 0.5) is 0 Å². The Labute approximate surface area is 152 Å². The molecule has 4 heterocycles. The van der Waals surface area contributed by atoms with Crippen LogP contribution in [-0.2, 0) is 11.3 Å². The van der Waals surface area contributed by atoms with E-state index in [4.69, 9.17) is 0 Å². The number of aromatic nitrogens is 2. The average molecular weight is 356 g/mol. The molecule has 0 unspecified atom stereocenters. The van der Waals surface area contributed by atoms with Crippen LogP contribution >= 0.6 is 11.7 Å². The molecule has 2 atom stereocenters. The fourth-order valence-electron chi connectivity index (χ4n) is 3.96. The van der Waals surface area contributed by atoms with Crippen molar-refractivity contribution in [1.29, 1.82) is 0 Å². The number of nitrogens with zero attached hydrogens (tertiary/aromatic N) is 4. The normalized spacial score (nSPS) is 23.9. The van der Waals surface area contributed by atoms with Gasteiger partial charge in [-0.05, 0) is 44.4 Å². The van der Waals surface area contributed by atoms with Crippen molar-refractivity contribution >= 4 is 28.7 Å². The van der Waals surface area contributed by atoms with Crippen LogP contribution in [0.25, 0.3) is 11.0 Å². The van der Waals surface area contributed by atoms with Crippen LogP contribution in [0, 0.1) is 5.92 Å². The molecule has 3 aliphatic heterocycles. The van der Waals surface area contributed by atoms with E-state index in [1.54, 1.807) is 0 Å². The topological polar surface area (TPSA) is 49.3 Å². The van der Waals surface area contributed by atoms with E-state index in [0.29, 0.717) is 11.9 Å². The predicted molar refractivity (Wildman–Crippen MR) is 100 cm³/mol. The number of carbonyl (C=O) groups excluding carboxylic acids is 1. The summed E-state index contributed by atoms with van der Waals surface area (Å²) in [5.74, 6) is 0.490. The van der Waals surface area contributed by atoms with Gasteiger partial charge in [0.2, 0.25) is 5.91 Å². The van der Waals surface area contributed by atoms with E-state index >= 15 is 0 Å². The van der Waals surface area contributed by atoms with Gasteiger partial charge in [0.1, 0.15) is 11.0 Å². The third kappa shape index (κ3) is 3.46. The van der Waals surface area contributed by atoms with Crippen molar-refractivity contribution in [1.82, 2.24) is 18.5 Å². The maximum Gasteiger partial charge on any atom is 0.227 e. The molecule has 132 valence electrons. The number of carbonyl (C=O) groups is 1. The Hall–Kier alpha value is -1.79. The van der Waals surface area contributed by atoms with Crippen molar-refractivity contribution in [2.45, 2.75) is 39.3 Å². The van der Waals surface area contributed by atoms with E-state index in [0.717, 1.165) is 50.1 Å². The van der Waals surface area contributed by atoms with Crippen molar-refractivity contribution in [2.75, 3.05) is 19.6 Å². The van der Waals surface area contributed by atoms with Crippen LogP contribution < -0.4 is 0 Å². The second-order valence-corrected chi connectivity index (χ2v) is 8.01. The molecule has 2 bridgehead atoms. The molecule has 6 heteroatoms. The van der Waals surface area contributed by atoms with Gasteiger partial charge in [0.15, 0.2) is 0 Å². The summed E-state index contributed by atoms with van der Waals surface area (Å²) in [6.07, 6.45) is 4.32. The Kier molecular flexibility index (Phi) is 4.56. The van der Waals surface area contributed by atoms with Crippen molar-refractivity contribution in [2.24, 2.45) is 5.92 Å². The maximum absolute atomic E-state index is 12.8. The lowest BCUT2D eigenvalue weighted by molar-refractivity contribution is -0.139. The van der Waals surface area contributed by atoms with E-state index in [-0.39, 0.29) is 5.92 Å². The third-order valence-corrected chi connectivity index (χ3v) is 5.85. The van der Waals surface area contributed by atoms with Gasteiger partial charge in [-0.3, -0.25) is 9.69 Å². The number of amides is 1. The van der Waals surface area contributed by atoms with Crippen LogP contribution in [0.1, 0.15) is 32.3 Å². The number of benzene rings is 1. The molecule has 0 aliphatic carbocycles. The number of fused-ring (bicyclic) bond motifs is 5. The Morgan fingerprint density at radius 1 is 1.24 bits per heavy atom. The van der Waals surface area contributed by atoms with Crippen molar-refractivity contribution < 1.29 is 4.79 Å². The first-order valence-electron chi connectivity index (χ1n) is 8.97. The van der Waals surface area contributed by atoms with E-state index in [1.807, 2.05) is 6.07 Å². The minimum atomic E-state index is 0.147. The molecule has 0 radical (unpaired) electrons. The molecule has 5 rings (SSSR count). The molecule has 1 amide bonds. The van der Waals surface area contributed by atoms with Crippen LogP contribution in [0.3, 0.4) is 0 Å². The molecular weight excluding hydrogens is 332 g/mol. The minimum absolute atomic E-state index is 0.147. The molecule has 1 aromatic heterocycles. The Morgan fingerprint density at radius 3 is 2.92 bits per heavy atom. The summed E-state index contributed by atoms with van der Waals surface area (Å²) < 4.78 is 8.61. The number of rotatable bonds is 4. The van der Waals surface area contributed by atoms with Gasteiger partial charge in [0.05, 0.1) is 17.6 Å². The highest BCUT2D eigenvalue weighted by Gasteiger charge is 2.39. The first kappa shape index (κ1) is 16.7. The van der Waals surface area contributed by atoms with Gasteiger partial charge in [-0.2, -0.15) is 8.75 Å². The molecule has 0 spiro atoms. The van der Waals surface area contributed by atoms with Crippen molar-refractivity contribution in [3.8, 4) is 0 Å². The zero-order valence-corrected chi connectivity index (χ0v) is 15.6. The molecule has 1 aromatic carbocycles. The highest BCUT2D eigenvalue weighted by Crippen LogP contribution is 2.30. The van der Waals surface area contributed by atoms with Crippen LogP contribution in [0.2, 0.25) is 0 Å². The minimum Gasteiger partial charge on any atom is -0.334 e. The largest absolute Gasteiger partial charge is 0.334 e. The summed E-state index contributed by atoms with van der Waals surface area (Å²) in [6, 6.07) is 6.66. The standard InChI is InChI=1S/C19H24N4OS/c1-13(2)7-8-23-16-5-4-15(19(23)24)11-22(12-16)10-14-3-6-17-18(9-14)21-25-20-17/h3,6-7,9,15-16H,4-5,8,10-12H2,1-2H3/t15-,16+/m0/s1. The summed E-state index contributed by atoms with van der Waals surface area (Å²) >= 11 is 1.26. The number of piperidine rings is 1. The van der Waals surface area contributed by atoms with E-state index in [9.17, 15) is 4.79 Å². The summed E-state index contributed by atoms with van der Waals surface area (Å²) in [6.45, 7) is 7.66. The first-order valence-corrected chi connectivity index (χ1v) is 9.70. The summed E-state index contributed by atoms with van der Waals surface area (Å²) in [5, 5.41) is 0. The zero-order chi connectivity index (χ0) is 17.4. The van der Waals surface area contributed by atoms with Gasteiger partial charge in [-0.1, -0.05) is 17.7 Å². The Bertz CT molecular complexity index is 811. The lowest BCUT2D eigenvalue weighted by atomic mass is 9.94. The molecule has 3 saturated heterocycles. The molecule has 3 aliphatic rings. The fraction of sp³-hybridized carbons (Fsp3) is 0.526. The number of hydrogen-bond donors (Lipinski definition) is 0. The average Bonchev–Trinajstić information content (AvgIpc) is 2.89. The lowest BCUT2D eigenvalue weighted by Gasteiger charge is -2.35. The predicted octanol–water partition coefficient (Wildman–Crippen LogP) is 3.08. The van der Waals surface area contributed by atoms with Gasteiger partial charge in [0, 0.05) is 32.2 Å². The van der Waals surface area contributed by atoms with Crippen molar-refractivity contribution in [3.63, 3.8) is 0 Å². The van der Waals surface area contributed by atoms with E-state index in [2.05, 4.69) is 50.6 Å². The highest BCUT2D eigenvalue weighted by atomic mass is 32.1. The summed E-state index contributed by atoms with van der Waals surface area (Å²) in [5.41, 5.74) is 4.47. The number of hydrogen-bond acceptors (Lipinski definition) is 5. The smallest absolute Gasteiger partial charge is 0.227 e. The Morgan fingerprint density at radius 2 is 2.08 bits per heavy atom. The molecule has 5 nitrogen and oxygen atoms in total. The monoisotopic (exact) mass is 356 g/mol. The second kappa shape index (κ2) is 6.84. The lowest BCUT2D eigenvalue weighted by Crippen LogP contribution is -2.47. The van der Waals surface area contributed by atoms with Crippen LogP contribution in [-0.4, -0.2) is 50.1 Å². The first-order chi connectivity index (χ1) is 12.1. The quantitative estimate of drug-likeness (QED) is 0.790. The van der Waals surface area contributed by atoms with Gasteiger partial charge in [0.25, 0.3) is 0 Å². The molecule has 2 aromatic rings.